The van der Waals surface area contributed by atoms with E-state index in [1.165, 1.54) is 24.2 Å². The van der Waals surface area contributed by atoms with Crippen LogP contribution in [0.3, 0.4) is 0 Å². The molecule has 1 N–H and O–H groups in total. The Hall–Kier alpha value is -1.88. The largest absolute Gasteiger partial charge is 0.492 e. The van der Waals surface area contributed by atoms with Crippen molar-refractivity contribution in [2.45, 2.75) is 25.2 Å². The van der Waals surface area contributed by atoms with Crippen LogP contribution in [0, 0.1) is 5.92 Å². The van der Waals surface area contributed by atoms with E-state index in [0.29, 0.717) is 17.7 Å². The van der Waals surface area contributed by atoms with Crippen LogP contribution in [0.25, 0.3) is 0 Å². The van der Waals surface area contributed by atoms with Crippen LogP contribution in [0.4, 0.5) is 5.13 Å². The number of carbonyl (C=O) groups excluding carboxylic acids is 1. The number of anilines is 1. The fourth-order valence-electron chi connectivity index (χ4n) is 2.61. The fourth-order valence-corrected chi connectivity index (χ4v) is 3.41. The number of aromatic nitrogens is 1. The van der Waals surface area contributed by atoms with Gasteiger partial charge in [-0.1, -0.05) is 18.2 Å². The predicted octanol–water partition coefficient (Wildman–Crippen LogP) is 3.21. The van der Waals surface area contributed by atoms with Gasteiger partial charge in [0.1, 0.15) is 12.4 Å². The molecule has 5 heteroatoms. The topological polar surface area (TPSA) is 51.2 Å². The number of benzene rings is 1. The maximum absolute atomic E-state index is 12.3. The molecule has 1 aromatic heterocycles. The maximum atomic E-state index is 12.3. The molecule has 0 unspecified atom stereocenters. The summed E-state index contributed by atoms with van der Waals surface area (Å²) in [6.45, 7) is 0.434. The van der Waals surface area contributed by atoms with Crippen molar-refractivity contribution >= 4 is 22.4 Å². The van der Waals surface area contributed by atoms with E-state index < -0.39 is 0 Å². The summed E-state index contributed by atoms with van der Waals surface area (Å²) in [6.07, 6.45) is 3.18. The van der Waals surface area contributed by atoms with Gasteiger partial charge >= 0.3 is 0 Å². The summed E-state index contributed by atoms with van der Waals surface area (Å²) in [5.74, 6) is 1.37. The van der Waals surface area contributed by atoms with E-state index in [9.17, 15) is 4.79 Å². The Bertz CT molecular complexity index is 678. The molecule has 1 aliphatic carbocycles. The van der Waals surface area contributed by atoms with Crippen LogP contribution in [-0.4, -0.2) is 17.5 Å². The molecule has 1 saturated carbocycles. The monoisotopic (exact) mass is 300 g/mol. The van der Waals surface area contributed by atoms with Crippen molar-refractivity contribution in [1.29, 1.82) is 0 Å². The van der Waals surface area contributed by atoms with Crippen LogP contribution >= 0.6 is 11.3 Å². The minimum absolute atomic E-state index is 0.00111. The number of para-hydroxylation sites is 1. The molecule has 1 fully saturated rings. The third kappa shape index (κ3) is 2.65. The van der Waals surface area contributed by atoms with Crippen LogP contribution in [0.2, 0.25) is 0 Å². The van der Waals surface area contributed by atoms with Gasteiger partial charge in [-0.05, 0) is 30.9 Å². The van der Waals surface area contributed by atoms with Crippen molar-refractivity contribution in [2.24, 2.45) is 5.92 Å². The van der Waals surface area contributed by atoms with Crippen molar-refractivity contribution in [2.75, 3.05) is 11.9 Å². The Labute approximate surface area is 127 Å². The van der Waals surface area contributed by atoms with Gasteiger partial charge in [0.25, 0.3) is 0 Å². The summed E-state index contributed by atoms with van der Waals surface area (Å²) >= 11 is 1.51. The van der Waals surface area contributed by atoms with Gasteiger partial charge in [-0.25, -0.2) is 4.98 Å². The molecular weight excluding hydrogens is 284 g/mol. The van der Waals surface area contributed by atoms with Gasteiger partial charge in [-0.2, -0.15) is 0 Å². The first-order valence-corrected chi connectivity index (χ1v) is 8.14. The van der Waals surface area contributed by atoms with Gasteiger partial charge in [0, 0.05) is 11.3 Å². The Kier molecular flexibility index (Phi) is 3.15. The standard InChI is InChI=1S/C16H16N2O2S/c19-15(18-16-17-13(9-21-16)10-5-6-10)12-7-11-3-1-2-4-14(11)20-8-12/h1-4,9-10,12H,5-8H2,(H,17,18,19)/t12-/m1/s1. The molecule has 0 spiro atoms. The lowest BCUT2D eigenvalue weighted by atomic mass is 9.96. The first kappa shape index (κ1) is 12.8. The third-order valence-electron chi connectivity index (χ3n) is 4.00. The predicted molar refractivity (Wildman–Crippen MR) is 81.8 cm³/mol. The lowest BCUT2D eigenvalue weighted by molar-refractivity contribution is -0.121. The summed E-state index contributed by atoms with van der Waals surface area (Å²) < 4.78 is 5.67. The number of carbonyl (C=O) groups is 1. The van der Waals surface area contributed by atoms with Gasteiger partial charge in [0.05, 0.1) is 11.6 Å². The van der Waals surface area contributed by atoms with Gasteiger partial charge in [-0.3, -0.25) is 4.79 Å². The van der Waals surface area contributed by atoms with Crippen LogP contribution in [0.1, 0.15) is 30.0 Å². The number of nitrogens with zero attached hydrogens (tertiary/aromatic N) is 1. The second kappa shape index (κ2) is 5.15. The van der Waals surface area contributed by atoms with Crippen LogP contribution in [0.5, 0.6) is 5.75 Å². The average Bonchev–Trinajstić information content (AvgIpc) is 3.27. The second-order valence-corrected chi connectivity index (χ2v) is 6.52. The van der Waals surface area contributed by atoms with Crippen LogP contribution in [-0.2, 0) is 11.2 Å². The molecule has 0 saturated heterocycles. The number of amides is 1. The van der Waals surface area contributed by atoms with E-state index in [4.69, 9.17) is 4.74 Å². The molecule has 1 aromatic carbocycles. The summed E-state index contributed by atoms with van der Waals surface area (Å²) in [4.78, 5) is 16.8. The SMILES string of the molecule is O=C(Nc1nc(C2CC2)cs1)[C@H]1COc2ccccc2C1. The van der Waals surface area contributed by atoms with E-state index in [1.54, 1.807) is 0 Å². The fraction of sp³-hybridized carbons (Fsp3) is 0.375. The number of hydrogen-bond donors (Lipinski definition) is 1. The number of ether oxygens (including phenoxy) is 1. The van der Waals surface area contributed by atoms with Gasteiger partial charge in [-0.15, -0.1) is 11.3 Å². The minimum Gasteiger partial charge on any atom is -0.492 e. The van der Waals surface area contributed by atoms with Gasteiger partial charge in [0.15, 0.2) is 5.13 Å². The number of nitrogens with one attached hydrogen (secondary N) is 1. The molecule has 4 nitrogen and oxygen atoms in total. The smallest absolute Gasteiger partial charge is 0.233 e. The minimum atomic E-state index is -0.145. The highest BCUT2D eigenvalue weighted by atomic mass is 32.1. The molecule has 108 valence electrons. The normalized spacial score (nSPS) is 20.5. The zero-order valence-corrected chi connectivity index (χ0v) is 12.4. The molecule has 2 aromatic rings. The highest BCUT2D eigenvalue weighted by molar-refractivity contribution is 7.13. The van der Waals surface area contributed by atoms with E-state index in [0.717, 1.165) is 23.4 Å². The Balaban J connectivity index is 1.43. The van der Waals surface area contributed by atoms with Gasteiger partial charge in [0.2, 0.25) is 5.91 Å². The zero-order chi connectivity index (χ0) is 14.2. The van der Waals surface area contributed by atoms with Crippen molar-refractivity contribution in [1.82, 2.24) is 4.98 Å². The highest BCUT2D eigenvalue weighted by Gasteiger charge is 2.28. The first-order chi connectivity index (χ1) is 10.3. The number of fused-ring (bicyclic) bond motifs is 1. The summed E-state index contributed by atoms with van der Waals surface area (Å²) in [6, 6.07) is 7.90. The molecule has 2 aliphatic rings. The number of rotatable bonds is 3. The molecule has 4 rings (SSSR count). The average molecular weight is 300 g/mol. The zero-order valence-electron chi connectivity index (χ0n) is 11.5. The van der Waals surface area contributed by atoms with E-state index >= 15 is 0 Å². The van der Waals surface area contributed by atoms with Crippen LogP contribution in [0.15, 0.2) is 29.6 Å². The molecular formula is C16H16N2O2S. The summed E-state index contributed by atoms with van der Waals surface area (Å²) in [5, 5.41) is 5.70. The van der Waals surface area contributed by atoms with E-state index in [-0.39, 0.29) is 11.8 Å². The number of hydrogen-bond acceptors (Lipinski definition) is 4. The summed E-state index contributed by atoms with van der Waals surface area (Å²) in [5.41, 5.74) is 2.22. The lowest BCUT2D eigenvalue weighted by Crippen LogP contribution is -2.32. The van der Waals surface area contributed by atoms with Crippen molar-refractivity contribution in [3.8, 4) is 5.75 Å². The Morgan fingerprint density at radius 3 is 3.05 bits per heavy atom. The van der Waals surface area contributed by atoms with E-state index in [2.05, 4.69) is 15.7 Å². The molecule has 21 heavy (non-hydrogen) atoms. The Morgan fingerprint density at radius 2 is 2.19 bits per heavy atom. The lowest BCUT2D eigenvalue weighted by Gasteiger charge is -2.24. The van der Waals surface area contributed by atoms with Crippen LogP contribution < -0.4 is 10.1 Å². The molecule has 1 aliphatic heterocycles. The van der Waals surface area contributed by atoms with E-state index in [1.807, 2.05) is 24.3 Å². The van der Waals surface area contributed by atoms with Crippen molar-refractivity contribution < 1.29 is 9.53 Å². The summed E-state index contributed by atoms with van der Waals surface area (Å²) in [7, 11) is 0. The first-order valence-electron chi connectivity index (χ1n) is 7.26. The van der Waals surface area contributed by atoms with Crippen molar-refractivity contribution in [3.63, 3.8) is 0 Å². The Morgan fingerprint density at radius 1 is 1.33 bits per heavy atom. The second-order valence-electron chi connectivity index (χ2n) is 5.66. The van der Waals surface area contributed by atoms with Crippen molar-refractivity contribution in [3.05, 3.63) is 40.9 Å². The molecule has 0 bridgehead atoms. The molecule has 1 atom stereocenters. The molecule has 0 radical (unpaired) electrons. The third-order valence-corrected chi connectivity index (χ3v) is 4.77. The highest BCUT2D eigenvalue weighted by Crippen LogP contribution is 2.41. The maximum Gasteiger partial charge on any atom is 0.233 e. The quantitative estimate of drug-likeness (QED) is 0.947. The molecule has 2 heterocycles. The molecule has 1 amide bonds. The number of thiazole rings is 1. The van der Waals surface area contributed by atoms with Gasteiger partial charge < -0.3 is 10.1 Å².